The number of aryl methyl sites for hydroxylation is 1. The van der Waals surface area contributed by atoms with Gasteiger partial charge in [-0.2, -0.15) is 0 Å². The van der Waals surface area contributed by atoms with Crippen LogP contribution in [0.1, 0.15) is 41.6 Å². The van der Waals surface area contributed by atoms with Crippen molar-refractivity contribution in [1.29, 1.82) is 0 Å². The second kappa shape index (κ2) is 5.22. The Morgan fingerprint density at radius 3 is 2.56 bits per heavy atom. The van der Waals surface area contributed by atoms with Crippen molar-refractivity contribution in [3.63, 3.8) is 0 Å². The molecule has 0 spiro atoms. The molecule has 0 atom stereocenters. The van der Waals surface area contributed by atoms with Gasteiger partial charge >= 0.3 is 0 Å². The van der Waals surface area contributed by atoms with Gasteiger partial charge in [-0.05, 0) is 25.8 Å². The maximum atomic E-state index is 12.1. The SMILES string of the molecule is Cc1cccc(C(=O)CS(=O)(=O)C2CCCC2)c1. The zero-order valence-corrected chi connectivity index (χ0v) is 11.4. The van der Waals surface area contributed by atoms with Gasteiger partial charge in [0.1, 0.15) is 5.75 Å². The minimum atomic E-state index is -3.27. The molecular formula is C14H18O3S. The van der Waals surface area contributed by atoms with Gasteiger partial charge in [-0.15, -0.1) is 0 Å². The number of carbonyl (C=O) groups excluding carboxylic acids is 1. The van der Waals surface area contributed by atoms with Crippen LogP contribution in [0.3, 0.4) is 0 Å². The molecule has 0 bridgehead atoms. The van der Waals surface area contributed by atoms with Crippen molar-refractivity contribution in [1.82, 2.24) is 0 Å². The number of carbonyl (C=O) groups is 1. The predicted molar refractivity (Wildman–Crippen MR) is 71.6 cm³/mol. The van der Waals surface area contributed by atoms with Gasteiger partial charge in [0.05, 0.1) is 5.25 Å². The molecule has 0 aliphatic heterocycles. The van der Waals surface area contributed by atoms with Crippen molar-refractivity contribution in [3.8, 4) is 0 Å². The first-order chi connectivity index (χ1) is 8.49. The molecule has 1 aliphatic carbocycles. The van der Waals surface area contributed by atoms with E-state index in [2.05, 4.69) is 0 Å². The molecule has 18 heavy (non-hydrogen) atoms. The minimum absolute atomic E-state index is 0.286. The molecule has 0 radical (unpaired) electrons. The van der Waals surface area contributed by atoms with Crippen molar-refractivity contribution >= 4 is 15.6 Å². The topological polar surface area (TPSA) is 51.2 Å². The average Bonchev–Trinajstić information content (AvgIpc) is 2.82. The van der Waals surface area contributed by atoms with Gasteiger partial charge < -0.3 is 0 Å². The smallest absolute Gasteiger partial charge is 0.177 e. The van der Waals surface area contributed by atoms with Crippen LogP contribution in [0.4, 0.5) is 0 Å². The van der Waals surface area contributed by atoms with Gasteiger partial charge in [0.2, 0.25) is 0 Å². The second-order valence-corrected chi connectivity index (χ2v) is 7.29. The number of sulfone groups is 1. The van der Waals surface area contributed by atoms with Gasteiger partial charge in [0.25, 0.3) is 0 Å². The highest BCUT2D eigenvalue weighted by Crippen LogP contribution is 2.25. The third-order valence-corrected chi connectivity index (χ3v) is 5.63. The monoisotopic (exact) mass is 266 g/mol. The van der Waals surface area contributed by atoms with Crippen LogP contribution in [0.2, 0.25) is 0 Å². The van der Waals surface area contributed by atoms with Crippen molar-refractivity contribution in [2.75, 3.05) is 5.75 Å². The lowest BCUT2D eigenvalue weighted by atomic mass is 10.1. The molecule has 2 rings (SSSR count). The Morgan fingerprint density at radius 1 is 1.28 bits per heavy atom. The maximum Gasteiger partial charge on any atom is 0.177 e. The van der Waals surface area contributed by atoms with Crippen molar-refractivity contribution in [2.45, 2.75) is 37.9 Å². The quantitative estimate of drug-likeness (QED) is 0.787. The van der Waals surface area contributed by atoms with Crippen LogP contribution in [0, 0.1) is 6.92 Å². The molecule has 1 aliphatic rings. The molecule has 3 nitrogen and oxygen atoms in total. The highest BCUT2D eigenvalue weighted by Gasteiger charge is 2.30. The Hall–Kier alpha value is -1.16. The van der Waals surface area contributed by atoms with Gasteiger partial charge in [0.15, 0.2) is 15.6 Å². The van der Waals surface area contributed by atoms with Crippen molar-refractivity contribution in [3.05, 3.63) is 35.4 Å². The number of benzene rings is 1. The summed E-state index contributed by atoms with van der Waals surface area (Å²) in [5.74, 6) is -0.633. The fraction of sp³-hybridized carbons (Fsp3) is 0.500. The maximum absolute atomic E-state index is 12.1. The van der Waals surface area contributed by atoms with Crippen LogP contribution in [0.25, 0.3) is 0 Å². The second-order valence-electron chi connectivity index (χ2n) is 5.01. The zero-order valence-electron chi connectivity index (χ0n) is 10.6. The number of Topliss-reactive ketones (excluding diaryl/α,β-unsaturated/α-hetero) is 1. The molecule has 4 heteroatoms. The molecule has 0 heterocycles. The average molecular weight is 266 g/mol. The van der Waals surface area contributed by atoms with Crippen LogP contribution in [-0.2, 0) is 9.84 Å². The predicted octanol–water partition coefficient (Wildman–Crippen LogP) is 2.54. The van der Waals surface area contributed by atoms with E-state index in [1.54, 1.807) is 18.2 Å². The summed E-state index contributed by atoms with van der Waals surface area (Å²) in [5, 5.41) is -0.300. The van der Waals surface area contributed by atoms with Crippen LogP contribution < -0.4 is 0 Å². The van der Waals surface area contributed by atoms with E-state index in [9.17, 15) is 13.2 Å². The molecule has 0 unspecified atom stereocenters. The van der Waals surface area contributed by atoms with Gasteiger partial charge in [-0.25, -0.2) is 8.42 Å². The van der Waals surface area contributed by atoms with Crippen molar-refractivity contribution < 1.29 is 13.2 Å². The summed E-state index contributed by atoms with van der Waals surface area (Å²) in [5.41, 5.74) is 1.47. The first-order valence-corrected chi connectivity index (χ1v) is 8.02. The van der Waals surface area contributed by atoms with Crippen LogP contribution in [-0.4, -0.2) is 25.2 Å². The Bertz CT molecular complexity index is 540. The Balaban J connectivity index is 2.11. The Labute approximate surface area is 108 Å². The number of rotatable bonds is 4. The lowest BCUT2D eigenvalue weighted by Crippen LogP contribution is -2.25. The fourth-order valence-corrected chi connectivity index (χ4v) is 4.27. The van der Waals surface area contributed by atoms with E-state index >= 15 is 0 Å². The standard InChI is InChI=1S/C14H18O3S/c1-11-5-4-6-12(9-11)14(15)10-18(16,17)13-7-2-3-8-13/h4-6,9,13H,2-3,7-8,10H2,1H3. The van der Waals surface area contributed by atoms with Crippen molar-refractivity contribution in [2.24, 2.45) is 0 Å². The molecule has 1 fully saturated rings. The first-order valence-electron chi connectivity index (χ1n) is 6.30. The summed E-state index contributed by atoms with van der Waals surface area (Å²) >= 11 is 0. The Morgan fingerprint density at radius 2 is 1.94 bits per heavy atom. The fourth-order valence-electron chi connectivity index (χ4n) is 2.45. The number of ketones is 1. The van der Waals surface area contributed by atoms with Crippen LogP contribution >= 0.6 is 0 Å². The van der Waals surface area contributed by atoms with E-state index in [-0.39, 0.29) is 16.8 Å². The van der Waals surface area contributed by atoms with E-state index in [1.165, 1.54) is 0 Å². The molecule has 0 aromatic heterocycles. The molecule has 1 saturated carbocycles. The highest BCUT2D eigenvalue weighted by molar-refractivity contribution is 7.92. The molecule has 0 N–H and O–H groups in total. The van der Waals surface area contributed by atoms with Gasteiger partial charge in [-0.1, -0.05) is 36.6 Å². The summed E-state index contributed by atoms with van der Waals surface area (Å²) in [6, 6.07) is 7.10. The first kappa shape index (κ1) is 13.3. The van der Waals surface area contributed by atoms with Gasteiger partial charge in [-0.3, -0.25) is 4.79 Å². The van der Waals surface area contributed by atoms with E-state index in [1.807, 2.05) is 13.0 Å². The summed E-state index contributed by atoms with van der Waals surface area (Å²) in [7, 11) is -3.27. The number of hydrogen-bond acceptors (Lipinski definition) is 3. The Kier molecular flexibility index (Phi) is 3.85. The van der Waals surface area contributed by atoms with E-state index in [0.717, 1.165) is 18.4 Å². The third-order valence-electron chi connectivity index (χ3n) is 3.48. The summed E-state index contributed by atoms with van der Waals surface area (Å²) in [6.45, 7) is 1.89. The normalized spacial score (nSPS) is 16.9. The molecule has 1 aromatic carbocycles. The van der Waals surface area contributed by atoms with Crippen LogP contribution in [0.5, 0.6) is 0 Å². The minimum Gasteiger partial charge on any atom is -0.293 e. The summed E-state index contributed by atoms with van der Waals surface area (Å²) < 4.78 is 24.2. The van der Waals surface area contributed by atoms with E-state index < -0.39 is 9.84 Å². The summed E-state index contributed by atoms with van der Waals surface area (Å²) in [6.07, 6.45) is 3.35. The van der Waals surface area contributed by atoms with E-state index in [4.69, 9.17) is 0 Å². The zero-order chi connectivity index (χ0) is 13.2. The molecule has 1 aromatic rings. The largest absolute Gasteiger partial charge is 0.293 e. The lowest BCUT2D eigenvalue weighted by Gasteiger charge is -2.10. The third kappa shape index (κ3) is 2.99. The molecular weight excluding hydrogens is 248 g/mol. The van der Waals surface area contributed by atoms with Crippen LogP contribution in [0.15, 0.2) is 24.3 Å². The lowest BCUT2D eigenvalue weighted by molar-refractivity contribution is 0.102. The molecule has 98 valence electrons. The molecule has 0 amide bonds. The number of hydrogen-bond donors (Lipinski definition) is 0. The molecule has 0 saturated heterocycles. The highest BCUT2D eigenvalue weighted by atomic mass is 32.2. The summed E-state index contributed by atoms with van der Waals surface area (Å²) in [4.78, 5) is 12.0. The van der Waals surface area contributed by atoms with E-state index in [0.29, 0.717) is 18.4 Å². The van der Waals surface area contributed by atoms with Gasteiger partial charge in [0, 0.05) is 5.56 Å².